The normalized spacial score (nSPS) is 28.7. The Kier molecular flexibility index (Phi) is 7.45. The maximum absolute atomic E-state index is 12.4. The molecular formula is C20H33NO7. The minimum atomic E-state index is -1.93. The molecule has 6 atom stereocenters. The van der Waals surface area contributed by atoms with Crippen LogP contribution in [0.3, 0.4) is 0 Å². The van der Waals surface area contributed by atoms with Gasteiger partial charge in [0.15, 0.2) is 5.60 Å². The molecule has 2 saturated heterocycles. The molecule has 0 bridgehead atoms. The Morgan fingerprint density at radius 2 is 1.86 bits per heavy atom. The van der Waals surface area contributed by atoms with Crippen LogP contribution in [0.1, 0.15) is 53.9 Å². The molecule has 0 saturated carbocycles. The van der Waals surface area contributed by atoms with Crippen molar-refractivity contribution in [2.75, 3.05) is 19.7 Å². The van der Waals surface area contributed by atoms with Gasteiger partial charge in [0.1, 0.15) is 12.2 Å². The third kappa shape index (κ3) is 5.03. The summed E-state index contributed by atoms with van der Waals surface area (Å²) in [4.78, 5) is 37.9. The Balaban J connectivity index is 1.94. The number of carbonyl (C=O) groups excluding carboxylic acids is 3. The Hall–Kier alpha value is -1.67. The highest BCUT2D eigenvalue weighted by molar-refractivity contribution is 5.80. The number of esters is 3. The molecule has 2 fully saturated rings. The smallest absolute Gasteiger partial charge is 0.341 e. The summed E-state index contributed by atoms with van der Waals surface area (Å²) >= 11 is 0. The van der Waals surface area contributed by atoms with Crippen LogP contribution in [0.15, 0.2) is 0 Å². The molecule has 2 rings (SSSR count). The number of hydrogen-bond donors (Lipinski definition) is 1. The highest BCUT2D eigenvalue weighted by Gasteiger charge is 2.47. The van der Waals surface area contributed by atoms with E-state index >= 15 is 0 Å². The third-order valence-corrected chi connectivity index (χ3v) is 6.03. The van der Waals surface area contributed by atoms with Gasteiger partial charge in [-0.15, -0.1) is 0 Å². The molecule has 0 aromatic carbocycles. The van der Waals surface area contributed by atoms with Gasteiger partial charge in [-0.1, -0.05) is 13.8 Å². The van der Waals surface area contributed by atoms with E-state index < -0.39 is 23.6 Å². The van der Waals surface area contributed by atoms with Crippen molar-refractivity contribution in [2.45, 2.75) is 77.7 Å². The predicted octanol–water partition coefficient (Wildman–Crippen LogP) is 1.28. The van der Waals surface area contributed by atoms with E-state index in [1.807, 2.05) is 13.8 Å². The van der Waals surface area contributed by atoms with Crippen LogP contribution >= 0.6 is 0 Å². The zero-order valence-electron chi connectivity index (χ0n) is 17.5. The zero-order valence-corrected chi connectivity index (χ0v) is 17.5. The van der Waals surface area contributed by atoms with Crippen LogP contribution < -0.4 is 0 Å². The highest BCUT2D eigenvalue weighted by Crippen LogP contribution is 2.35. The number of hydrogen-bond acceptors (Lipinski definition) is 8. The summed E-state index contributed by atoms with van der Waals surface area (Å²) in [5, 5.41) is 10.4. The fraction of sp³-hybridized carbons (Fsp3) is 0.850. The van der Waals surface area contributed by atoms with E-state index in [1.54, 1.807) is 0 Å². The maximum Gasteiger partial charge on any atom is 0.341 e. The molecule has 0 aromatic rings. The van der Waals surface area contributed by atoms with E-state index in [9.17, 15) is 19.5 Å². The topological polar surface area (TPSA) is 102 Å². The molecule has 2 aliphatic rings. The summed E-state index contributed by atoms with van der Waals surface area (Å²) in [7, 11) is 0. The largest absolute Gasteiger partial charge is 0.463 e. The summed E-state index contributed by atoms with van der Waals surface area (Å²) in [6.45, 7) is 9.59. The lowest BCUT2D eigenvalue weighted by atomic mass is 9.96. The van der Waals surface area contributed by atoms with Crippen molar-refractivity contribution in [1.29, 1.82) is 0 Å². The molecule has 0 aliphatic carbocycles. The van der Waals surface area contributed by atoms with Gasteiger partial charge in [0.2, 0.25) is 0 Å². The van der Waals surface area contributed by atoms with Crippen molar-refractivity contribution in [1.82, 2.24) is 4.90 Å². The Morgan fingerprint density at radius 3 is 2.46 bits per heavy atom. The predicted molar refractivity (Wildman–Crippen MR) is 100 cm³/mol. The van der Waals surface area contributed by atoms with Gasteiger partial charge in [-0.25, -0.2) is 4.79 Å². The van der Waals surface area contributed by atoms with Gasteiger partial charge in [0.05, 0.1) is 18.6 Å². The molecule has 28 heavy (non-hydrogen) atoms. The monoisotopic (exact) mass is 399 g/mol. The van der Waals surface area contributed by atoms with Gasteiger partial charge in [-0.05, 0) is 39.7 Å². The standard InChI is InChI=1S/C20H33NO7/c1-6-12(2)18(23)28-16-8-10-21-9-7-15(17(16)21)11-26-19(24)20(5,25)13(3)27-14(4)22/h12-13,15-17,25H,6-11H2,1-5H3/t12?,13-,15-,16-,17?,20+/m1/s1. The molecular weight excluding hydrogens is 366 g/mol. The lowest BCUT2D eigenvalue weighted by Gasteiger charge is -2.30. The first kappa shape index (κ1) is 22.6. The van der Waals surface area contributed by atoms with E-state index in [2.05, 4.69) is 4.90 Å². The van der Waals surface area contributed by atoms with Crippen molar-refractivity contribution in [3.05, 3.63) is 0 Å². The van der Waals surface area contributed by atoms with Crippen LogP contribution in [0.4, 0.5) is 0 Å². The summed E-state index contributed by atoms with van der Waals surface area (Å²) in [5.41, 5.74) is -1.93. The molecule has 0 radical (unpaired) electrons. The second-order valence-electron chi connectivity index (χ2n) is 8.15. The van der Waals surface area contributed by atoms with Gasteiger partial charge >= 0.3 is 17.9 Å². The zero-order chi connectivity index (χ0) is 21.1. The van der Waals surface area contributed by atoms with Gasteiger partial charge in [0.25, 0.3) is 0 Å². The first-order valence-corrected chi connectivity index (χ1v) is 10.1. The number of nitrogens with zero attached hydrogens (tertiary/aromatic N) is 1. The fourth-order valence-electron chi connectivity index (χ4n) is 3.81. The highest BCUT2D eigenvalue weighted by atomic mass is 16.6. The molecule has 1 N–H and O–H groups in total. The maximum atomic E-state index is 12.4. The van der Waals surface area contributed by atoms with Crippen LogP contribution in [0.5, 0.6) is 0 Å². The van der Waals surface area contributed by atoms with E-state index in [1.165, 1.54) is 20.8 Å². The van der Waals surface area contributed by atoms with Crippen LogP contribution in [0, 0.1) is 11.8 Å². The van der Waals surface area contributed by atoms with Crippen LogP contribution in [0.25, 0.3) is 0 Å². The molecule has 2 aliphatic heterocycles. The molecule has 0 aromatic heterocycles. The molecule has 0 amide bonds. The number of rotatable bonds is 8. The SMILES string of the molecule is CCC(C)C(=O)O[C@@H]1CCN2CC[C@H](COC(=O)[C@@](C)(O)[C@@H](C)OC(C)=O)C12. The van der Waals surface area contributed by atoms with Gasteiger partial charge in [0, 0.05) is 19.4 Å². The number of ether oxygens (including phenoxy) is 3. The summed E-state index contributed by atoms with van der Waals surface area (Å²) in [6.07, 6.45) is 1.12. The van der Waals surface area contributed by atoms with Crippen LogP contribution in [0.2, 0.25) is 0 Å². The second-order valence-corrected chi connectivity index (χ2v) is 8.15. The molecule has 2 unspecified atom stereocenters. The van der Waals surface area contributed by atoms with Gasteiger partial charge in [-0.3, -0.25) is 14.5 Å². The summed E-state index contributed by atoms with van der Waals surface area (Å²) in [6, 6.07) is 0.0247. The van der Waals surface area contributed by atoms with Crippen molar-refractivity contribution in [3.8, 4) is 0 Å². The first-order valence-electron chi connectivity index (χ1n) is 10.1. The van der Waals surface area contributed by atoms with Crippen molar-refractivity contribution in [3.63, 3.8) is 0 Å². The average molecular weight is 399 g/mol. The van der Waals surface area contributed by atoms with Gasteiger partial charge in [-0.2, -0.15) is 0 Å². The van der Waals surface area contributed by atoms with E-state index in [4.69, 9.17) is 14.2 Å². The Labute approximate surface area is 166 Å². The average Bonchev–Trinajstić information content (AvgIpc) is 3.21. The quantitative estimate of drug-likeness (QED) is 0.481. The van der Waals surface area contributed by atoms with E-state index in [0.29, 0.717) is 0 Å². The summed E-state index contributed by atoms with van der Waals surface area (Å²) in [5.74, 6) is -1.70. The lowest BCUT2D eigenvalue weighted by molar-refractivity contribution is -0.184. The molecule has 160 valence electrons. The number of aliphatic hydroxyl groups is 1. The number of fused-ring (bicyclic) bond motifs is 1. The summed E-state index contributed by atoms with van der Waals surface area (Å²) < 4.78 is 16.0. The van der Waals surface area contributed by atoms with Gasteiger partial charge < -0.3 is 19.3 Å². The lowest BCUT2D eigenvalue weighted by Crippen LogP contribution is -2.49. The van der Waals surface area contributed by atoms with E-state index in [0.717, 1.165) is 32.4 Å². The molecule has 0 spiro atoms. The first-order chi connectivity index (χ1) is 13.1. The third-order valence-electron chi connectivity index (χ3n) is 6.03. The molecule has 2 heterocycles. The van der Waals surface area contributed by atoms with E-state index in [-0.39, 0.29) is 36.6 Å². The van der Waals surface area contributed by atoms with Crippen molar-refractivity contribution >= 4 is 17.9 Å². The van der Waals surface area contributed by atoms with Crippen molar-refractivity contribution < 1.29 is 33.7 Å². The minimum absolute atomic E-state index is 0.0247. The Bertz CT molecular complexity index is 591. The Morgan fingerprint density at radius 1 is 1.21 bits per heavy atom. The minimum Gasteiger partial charge on any atom is -0.463 e. The van der Waals surface area contributed by atoms with Crippen LogP contribution in [-0.2, 0) is 28.6 Å². The van der Waals surface area contributed by atoms with Crippen molar-refractivity contribution in [2.24, 2.45) is 11.8 Å². The second kappa shape index (κ2) is 9.22. The molecule has 8 nitrogen and oxygen atoms in total. The number of carbonyl (C=O) groups is 3. The fourth-order valence-corrected chi connectivity index (χ4v) is 3.81. The molecule has 8 heteroatoms. The van der Waals surface area contributed by atoms with Crippen LogP contribution in [-0.4, -0.2) is 71.5 Å².